The lowest BCUT2D eigenvalue weighted by atomic mass is 9.97. The molecule has 0 saturated carbocycles. The largest absolute Gasteiger partial charge is 0.504 e. The lowest BCUT2D eigenvalue weighted by Crippen LogP contribution is -2.45. The van der Waals surface area contributed by atoms with Crippen LogP contribution in [0.1, 0.15) is 23.6 Å². The standard InChI is InChI=1S/C16H21N3O2.2ClH/c1-3-4-14(19-7-5-18-6-8-19)13-9-12(11-17)10-15(21-2)16(13)20;;/h3,9-10,14,18,20H,1,4-8H2,2H3;2*1H/t14-;;/m0../s1. The first-order valence-corrected chi connectivity index (χ1v) is 7.08. The Morgan fingerprint density at radius 2 is 2.09 bits per heavy atom. The molecule has 0 aliphatic carbocycles. The summed E-state index contributed by atoms with van der Waals surface area (Å²) in [4.78, 5) is 2.30. The Morgan fingerprint density at radius 3 is 2.61 bits per heavy atom. The number of phenolic OH excluding ortho intramolecular Hbond substituents is 1. The number of hydrogen-bond acceptors (Lipinski definition) is 5. The Labute approximate surface area is 149 Å². The van der Waals surface area contributed by atoms with E-state index in [0.717, 1.165) is 31.7 Å². The topological polar surface area (TPSA) is 68.5 Å². The summed E-state index contributed by atoms with van der Waals surface area (Å²) < 4.78 is 5.19. The van der Waals surface area contributed by atoms with Crippen molar-refractivity contribution in [3.8, 4) is 17.6 Å². The number of phenols is 1. The van der Waals surface area contributed by atoms with Gasteiger partial charge in [0, 0.05) is 43.9 Å². The third-order valence-corrected chi connectivity index (χ3v) is 3.79. The van der Waals surface area contributed by atoms with Crippen LogP contribution in [0, 0.1) is 11.3 Å². The SMILES string of the molecule is C=CC[C@@H](c1cc(C#N)cc(OC)c1O)N1CCNCC1.Cl.Cl. The first kappa shape index (κ1) is 21.6. The maximum atomic E-state index is 10.4. The van der Waals surface area contributed by atoms with E-state index in [1.165, 1.54) is 7.11 Å². The number of ether oxygens (including phenoxy) is 1. The summed E-state index contributed by atoms with van der Waals surface area (Å²) in [6, 6.07) is 5.43. The second kappa shape index (κ2) is 10.3. The van der Waals surface area contributed by atoms with Crippen molar-refractivity contribution < 1.29 is 9.84 Å². The molecule has 0 spiro atoms. The van der Waals surface area contributed by atoms with Gasteiger partial charge in [0.1, 0.15) is 0 Å². The molecule has 1 saturated heterocycles. The van der Waals surface area contributed by atoms with Gasteiger partial charge in [-0.05, 0) is 12.5 Å². The summed E-state index contributed by atoms with van der Waals surface area (Å²) in [7, 11) is 1.49. The van der Waals surface area contributed by atoms with Crippen molar-refractivity contribution in [2.24, 2.45) is 0 Å². The van der Waals surface area contributed by atoms with E-state index >= 15 is 0 Å². The van der Waals surface area contributed by atoms with Crippen LogP contribution in [-0.4, -0.2) is 43.3 Å². The van der Waals surface area contributed by atoms with Crippen molar-refractivity contribution >= 4 is 24.8 Å². The molecule has 2 rings (SSSR count). The zero-order valence-corrected chi connectivity index (χ0v) is 14.8. The number of piperazine rings is 1. The molecule has 1 aliphatic heterocycles. The van der Waals surface area contributed by atoms with E-state index in [9.17, 15) is 5.11 Å². The van der Waals surface area contributed by atoms with Crippen LogP contribution < -0.4 is 10.1 Å². The van der Waals surface area contributed by atoms with Gasteiger partial charge in [0.25, 0.3) is 0 Å². The molecule has 0 radical (unpaired) electrons. The number of rotatable bonds is 5. The van der Waals surface area contributed by atoms with Crippen molar-refractivity contribution in [2.75, 3.05) is 33.3 Å². The molecule has 0 aromatic heterocycles. The summed E-state index contributed by atoms with van der Waals surface area (Å²) in [6.45, 7) is 7.46. The second-order valence-corrected chi connectivity index (χ2v) is 5.05. The molecule has 0 bridgehead atoms. The molecule has 1 aromatic rings. The van der Waals surface area contributed by atoms with E-state index in [-0.39, 0.29) is 36.6 Å². The van der Waals surface area contributed by atoms with Gasteiger partial charge in [-0.25, -0.2) is 0 Å². The zero-order chi connectivity index (χ0) is 15.2. The Hall–Kier alpha value is -1.45. The van der Waals surface area contributed by atoms with Crippen molar-refractivity contribution in [3.63, 3.8) is 0 Å². The van der Waals surface area contributed by atoms with Gasteiger partial charge in [0.05, 0.1) is 18.7 Å². The van der Waals surface area contributed by atoms with Crippen LogP contribution in [0.25, 0.3) is 0 Å². The highest BCUT2D eigenvalue weighted by molar-refractivity contribution is 5.85. The number of nitrogens with one attached hydrogen (secondary N) is 1. The predicted octanol–water partition coefficient (Wildman–Crippen LogP) is 2.64. The molecular formula is C16H23Cl2N3O2. The van der Waals surface area contributed by atoms with Crippen LogP contribution in [0.4, 0.5) is 0 Å². The minimum absolute atomic E-state index is 0. The van der Waals surface area contributed by atoms with Gasteiger partial charge < -0.3 is 15.2 Å². The maximum Gasteiger partial charge on any atom is 0.162 e. The molecule has 1 heterocycles. The lowest BCUT2D eigenvalue weighted by molar-refractivity contribution is 0.171. The van der Waals surface area contributed by atoms with Crippen molar-refractivity contribution in [1.82, 2.24) is 10.2 Å². The molecule has 2 N–H and O–H groups in total. The average Bonchev–Trinajstić information content (AvgIpc) is 2.54. The van der Waals surface area contributed by atoms with Crippen LogP contribution >= 0.6 is 24.8 Å². The molecule has 1 atom stereocenters. The Kier molecular flexibility index (Phi) is 9.70. The second-order valence-electron chi connectivity index (χ2n) is 5.05. The van der Waals surface area contributed by atoms with Crippen LogP contribution in [0.15, 0.2) is 24.8 Å². The lowest BCUT2D eigenvalue weighted by Gasteiger charge is -2.35. The van der Waals surface area contributed by atoms with Gasteiger partial charge in [-0.2, -0.15) is 5.26 Å². The fourth-order valence-electron chi connectivity index (χ4n) is 2.73. The van der Waals surface area contributed by atoms with E-state index in [1.54, 1.807) is 12.1 Å². The smallest absolute Gasteiger partial charge is 0.162 e. The van der Waals surface area contributed by atoms with E-state index in [0.29, 0.717) is 17.7 Å². The molecule has 7 heteroatoms. The third-order valence-electron chi connectivity index (χ3n) is 3.79. The molecular weight excluding hydrogens is 337 g/mol. The highest BCUT2D eigenvalue weighted by atomic mass is 35.5. The number of nitrogens with zero attached hydrogens (tertiary/aromatic N) is 2. The third kappa shape index (κ3) is 5.02. The first-order valence-electron chi connectivity index (χ1n) is 7.08. The van der Waals surface area contributed by atoms with Gasteiger partial charge >= 0.3 is 0 Å². The maximum absolute atomic E-state index is 10.4. The van der Waals surface area contributed by atoms with Gasteiger partial charge in [-0.15, -0.1) is 31.4 Å². The normalized spacial score (nSPS) is 15.5. The van der Waals surface area contributed by atoms with Gasteiger partial charge in [0.15, 0.2) is 11.5 Å². The summed E-state index contributed by atoms with van der Waals surface area (Å²) in [6.07, 6.45) is 2.56. The van der Waals surface area contributed by atoms with Crippen LogP contribution in [0.5, 0.6) is 11.5 Å². The van der Waals surface area contributed by atoms with Gasteiger partial charge in [-0.1, -0.05) is 6.08 Å². The molecule has 23 heavy (non-hydrogen) atoms. The average molecular weight is 360 g/mol. The summed E-state index contributed by atoms with van der Waals surface area (Å²) in [5.74, 6) is 0.454. The molecule has 1 aromatic carbocycles. The van der Waals surface area contributed by atoms with Crippen LogP contribution in [0.3, 0.4) is 0 Å². The minimum Gasteiger partial charge on any atom is -0.504 e. The first-order chi connectivity index (χ1) is 10.2. The Morgan fingerprint density at radius 1 is 1.43 bits per heavy atom. The minimum atomic E-state index is 0. The number of methoxy groups -OCH3 is 1. The Balaban J connectivity index is 0.00000242. The summed E-state index contributed by atoms with van der Waals surface area (Å²) in [5.41, 5.74) is 1.22. The number of benzene rings is 1. The van der Waals surface area contributed by atoms with Gasteiger partial charge in [-0.3, -0.25) is 4.90 Å². The van der Waals surface area contributed by atoms with E-state index < -0.39 is 0 Å². The van der Waals surface area contributed by atoms with Crippen molar-refractivity contribution in [2.45, 2.75) is 12.5 Å². The molecule has 128 valence electrons. The highest BCUT2D eigenvalue weighted by Gasteiger charge is 2.25. The monoisotopic (exact) mass is 359 g/mol. The number of halogens is 2. The van der Waals surface area contributed by atoms with Crippen LogP contribution in [0.2, 0.25) is 0 Å². The summed E-state index contributed by atoms with van der Waals surface area (Å²) in [5, 5.41) is 22.9. The molecule has 1 fully saturated rings. The summed E-state index contributed by atoms with van der Waals surface area (Å²) >= 11 is 0. The predicted molar refractivity (Wildman–Crippen MR) is 95.9 cm³/mol. The van der Waals surface area contributed by atoms with Gasteiger partial charge in [0.2, 0.25) is 0 Å². The molecule has 1 aliphatic rings. The van der Waals surface area contributed by atoms with Crippen LogP contribution in [-0.2, 0) is 0 Å². The molecule has 0 amide bonds. The van der Waals surface area contributed by atoms with E-state index in [4.69, 9.17) is 10.00 Å². The number of aromatic hydroxyl groups is 1. The van der Waals surface area contributed by atoms with E-state index in [1.807, 2.05) is 6.08 Å². The highest BCUT2D eigenvalue weighted by Crippen LogP contribution is 2.39. The molecule has 5 nitrogen and oxygen atoms in total. The Bertz CT molecular complexity index is 555. The van der Waals surface area contributed by atoms with Crippen molar-refractivity contribution in [3.05, 3.63) is 35.9 Å². The molecule has 0 unspecified atom stereocenters. The number of hydrogen-bond donors (Lipinski definition) is 2. The fourth-order valence-corrected chi connectivity index (χ4v) is 2.73. The van der Waals surface area contributed by atoms with Crippen molar-refractivity contribution in [1.29, 1.82) is 5.26 Å². The fraction of sp³-hybridized carbons (Fsp3) is 0.438. The quantitative estimate of drug-likeness (QED) is 0.791. The zero-order valence-electron chi connectivity index (χ0n) is 13.1. The van der Waals surface area contributed by atoms with E-state index in [2.05, 4.69) is 22.9 Å². The number of nitriles is 1.